The molecule has 6 aromatic carbocycles. The molecule has 0 fully saturated rings. The van der Waals surface area contributed by atoms with E-state index in [1.165, 1.54) is 5.56 Å². The topological polar surface area (TPSA) is 64.1 Å². The normalized spacial score (nSPS) is 11.6. The number of aromatic nitrogens is 3. The van der Waals surface area contributed by atoms with Gasteiger partial charge in [-0.3, -0.25) is 9.55 Å². The van der Waals surface area contributed by atoms with Crippen LogP contribution in [0.2, 0.25) is 0 Å². The van der Waals surface area contributed by atoms with Gasteiger partial charge in [-0.2, -0.15) is 0 Å². The van der Waals surface area contributed by atoms with Crippen molar-refractivity contribution in [2.24, 2.45) is 0 Å². The van der Waals surface area contributed by atoms with E-state index in [4.69, 9.17) is 14.4 Å². The molecule has 0 spiro atoms. The van der Waals surface area contributed by atoms with Crippen molar-refractivity contribution in [2.45, 2.75) is 19.3 Å². The van der Waals surface area contributed by atoms with Crippen LogP contribution in [0.4, 0.5) is 0 Å². The number of phenolic OH excluding ortho intramolecular Hbond substituents is 1. The molecule has 9 rings (SSSR count). The van der Waals surface area contributed by atoms with Crippen LogP contribution in [-0.4, -0.2) is 19.6 Å². The van der Waals surface area contributed by atoms with Crippen molar-refractivity contribution in [3.8, 4) is 45.2 Å². The molecule has 3 heterocycles. The van der Waals surface area contributed by atoms with Crippen LogP contribution in [0.15, 0.2) is 156 Å². The van der Waals surface area contributed by atoms with Gasteiger partial charge in [0.05, 0.1) is 16.6 Å². The number of imidazole rings is 1. The van der Waals surface area contributed by atoms with E-state index >= 15 is 0 Å². The minimum Gasteiger partial charge on any atom is -0.507 e. The van der Waals surface area contributed by atoms with E-state index in [-0.39, 0.29) is 32.2 Å². The summed E-state index contributed by atoms with van der Waals surface area (Å²) in [6, 6.07) is 52.6. The summed E-state index contributed by atoms with van der Waals surface area (Å²) in [6.07, 6.45) is 1.90. The zero-order valence-corrected chi connectivity index (χ0v) is 30.2. The summed E-state index contributed by atoms with van der Waals surface area (Å²) in [5, 5.41) is 13.0. The fourth-order valence-electron chi connectivity index (χ4n) is 7.00. The van der Waals surface area contributed by atoms with Crippen molar-refractivity contribution in [3.05, 3.63) is 169 Å². The molecule has 5 nitrogen and oxygen atoms in total. The smallest absolute Gasteiger partial charge is 0.148 e. The number of phenols is 1. The van der Waals surface area contributed by atoms with Gasteiger partial charge in [0.1, 0.15) is 22.7 Å². The predicted molar refractivity (Wildman–Crippen MR) is 202 cm³/mol. The number of para-hydroxylation sites is 4. The van der Waals surface area contributed by atoms with Crippen LogP contribution in [-0.2, 0) is 26.5 Å². The molecule has 3 aromatic heterocycles. The maximum absolute atomic E-state index is 11.0. The molecular formula is C45H32N3O2Pt-. The molecule has 0 bridgehead atoms. The Morgan fingerprint density at radius 1 is 0.647 bits per heavy atom. The van der Waals surface area contributed by atoms with Crippen molar-refractivity contribution in [2.75, 3.05) is 0 Å². The SMILES string of the molecule is CC(C)(c1ccccc1)c1cc(-c2cc3oc4ccccc4c3cn2)[c-]c(-c2cccc3c2nc(-c2ccccc2O)n3-c2ccccc2)c1.[Pt]. The summed E-state index contributed by atoms with van der Waals surface area (Å²) < 4.78 is 8.39. The fourth-order valence-corrected chi connectivity index (χ4v) is 7.00. The second-order valence-corrected chi connectivity index (χ2v) is 13.1. The van der Waals surface area contributed by atoms with Crippen LogP contribution in [0.1, 0.15) is 25.0 Å². The van der Waals surface area contributed by atoms with E-state index in [1.54, 1.807) is 6.07 Å². The zero-order chi connectivity index (χ0) is 33.8. The molecule has 0 amide bonds. The largest absolute Gasteiger partial charge is 0.507 e. The summed E-state index contributed by atoms with van der Waals surface area (Å²) >= 11 is 0. The molecule has 0 unspecified atom stereocenters. The Kier molecular flexibility index (Phi) is 8.17. The standard InChI is InChI=1S/C45H32N3O2.Pt/c1-45(2,31-14-5-3-6-15-31)32-25-29(24-30(26-32)38-27-42-37(28-46-38)35-18-10-12-23-41(35)50-42)34-20-13-21-39-43(34)47-44(36-19-9-11-22-40(36)49)48(39)33-16-7-4-8-17-33;/h3-23,25-28,49H,1-2H3;/q-1;. The van der Waals surface area contributed by atoms with E-state index in [1.807, 2.05) is 72.9 Å². The van der Waals surface area contributed by atoms with Crippen LogP contribution in [0.25, 0.3) is 72.4 Å². The number of hydrogen-bond donors (Lipinski definition) is 1. The number of benzene rings is 6. The second kappa shape index (κ2) is 12.8. The number of furan rings is 1. The quantitative estimate of drug-likeness (QED) is 0.169. The Labute approximate surface area is 310 Å². The van der Waals surface area contributed by atoms with Crippen molar-refractivity contribution in [3.63, 3.8) is 0 Å². The van der Waals surface area contributed by atoms with Gasteiger partial charge in [-0.1, -0.05) is 116 Å². The summed E-state index contributed by atoms with van der Waals surface area (Å²) in [6.45, 7) is 4.50. The number of pyridine rings is 1. The molecule has 250 valence electrons. The first-order valence-corrected chi connectivity index (χ1v) is 16.7. The Morgan fingerprint density at radius 3 is 2.14 bits per heavy atom. The first kappa shape index (κ1) is 32.4. The number of hydrogen-bond acceptors (Lipinski definition) is 4. The molecule has 6 heteroatoms. The van der Waals surface area contributed by atoms with Gasteiger partial charge < -0.3 is 9.52 Å². The van der Waals surface area contributed by atoms with Crippen LogP contribution in [0.5, 0.6) is 5.75 Å². The molecule has 0 radical (unpaired) electrons. The van der Waals surface area contributed by atoms with Gasteiger partial charge in [0, 0.05) is 54.8 Å². The van der Waals surface area contributed by atoms with Crippen molar-refractivity contribution >= 4 is 33.0 Å². The second-order valence-electron chi connectivity index (χ2n) is 13.1. The Balaban J connectivity index is 0.00000374. The minimum absolute atomic E-state index is 0. The molecule has 0 saturated heterocycles. The third kappa shape index (κ3) is 5.55. The fraction of sp³-hybridized carbons (Fsp3) is 0.0667. The van der Waals surface area contributed by atoms with Crippen LogP contribution < -0.4 is 0 Å². The average molecular weight is 842 g/mol. The van der Waals surface area contributed by atoms with Gasteiger partial charge in [0.15, 0.2) is 0 Å². The molecule has 51 heavy (non-hydrogen) atoms. The van der Waals surface area contributed by atoms with Crippen LogP contribution in [0.3, 0.4) is 0 Å². The maximum Gasteiger partial charge on any atom is 0.148 e. The Hall–Kier alpha value is -5.77. The molecule has 0 atom stereocenters. The third-order valence-corrected chi connectivity index (χ3v) is 9.76. The summed E-state index contributed by atoms with van der Waals surface area (Å²) in [5.41, 5.74) is 10.5. The molecule has 0 saturated carbocycles. The van der Waals surface area contributed by atoms with E-state index in [0.717, 1.165) is 66.6 Å². The van der Waals surface area contributed by atoms with Crippen molar-refractivity contribution in [1.29, 1.82) is 0 Å². The first-order valence-electron chi connectivity index (χ1n) is 16.7. The van der Waals surface area contributed by atoms with Crippen LogP contribution >= 0.6 is 0 Å². The summed E-state index contributed by atoms with van der Waals surface area (Å²) in [7, 11) is 0. The molecular weight excluding hydrogens is 810 g/mol. The van der Waals surface area contributed by atoms with E-state index in [9.17, 15) is 5.11 Å². The van der Waals surface area contributed by atoms with Gasteiger partial charge in [0.2, 0.25) is 0 Å². The first-order chi connectivity index (χ1) is 24.5. The number of fused-ring (bicyclic) bond motifs is 4. The minimum atomic E-state index is -0.332. The number of aromatic hydroxyl groups is 1. The van der Waals surface area contributed by atoms with Gasteiger partial charge in [-0.25, -0.2) is 4.98 Å². The summed E-state index contributed by atoms with van der Waals surface area (Å²) in [5.74, 6) is 0.837. The Bertz CT molecular complexity index is 2700. The third-order valence-electron chi connectivity index (χ3n) is 9.76. The van der Waals surface area contributed by atoms with Gasteiger partial charge in [0.25, 0.3) is 0 Å². The van der Waals surface area contributed by atoms with Gasteiger partial charge >= 0.3 is 0 Å². The number of rotatable bonds is 6. The molecule has 0 aliphatic rings. The van der Waals surface area contributed by atoms with E-state index in [2.05, 4.69) is 97.3 Å². The molecule has 0 aliphatic carbocycles. The van der Waals surface area contributed by atoms with Crippen molar-refractivity contribution in [1.82, 2.24) is 14.5 Å². The van der Waals surface area contributed by atoms with E-state index < -0.39 is 0 Å². The summed E-state index contributed by atoms with van der Waals surface area (Å²) in [4.78, 5) is 10.2. The number of nitrogens with zero attached hydrogens (tertiary/aromatic N) is 3. The van der Waals surface area contributed by atoms with Crippen molar-refractivity contribution < 1.29 is 30.6 Å². The van der Waals surface area contributed by atoms with Gasteiger partial charge in [-0.05, 0) is 48.0 Å². The molecule has 9 aromatic rings. The Morgan fingerprint density at radius 2 is 1.33 bits per heavy atom. The molecule has 0 aliphatic heterocycles. The van der Waals surface area contributed by atoms with E-state index in [0.29, 0.717) is 11.4 Å². The van der Waals surface area contributed by atoms with Gasteiger partial charge in [-0.15, -0.1) is 29.3 Å². The zero-order valence-electron chi connectivity index (χ0n) is 27.9. The molecule has 1 N–H and O–H groups in total. The maximum atomic E-state index is 11.0. The monoisotopic (exact) mass is 841 g/mol. The van der Waals surface area contributed by atoms with Crippen LogP contribution in [0, 0.1) is 6.07 Å². The average Bonchev–Trinajstić information content (AvgIpc) is 3.74. The predicted octanol–water partition coefficient (Wildman–Crippen LogP) is 11.2.